The highest BCUT2D eigenvalue weighted by molar-refractivity contribution is 14.1. The monoisotopic (exact) mass is 509 g/mol. The van der Waals surface area contributed by atoms with Crippen molar-refractivity contribution in [1.82, 2.24) is 5.32 Å². The molecule has 0 radical (unpaired) electrons. The van der Waals surface area contributed by atoms with E-state index in [-0.39, 0.29) is 3.57 Å². The number of nitrogens with one attached hydrogen (secondary N) is 1. The molecule has 1 aromatic rings. The maximum atomic E-state index is 13.6. The molecule has 0 unspecified atom stereocenters. The van der Waals surface area contributed by atoms with Gasteiger partial charge in [0, 0.05) is 3.57 Å². The second-order valence-electron chi connectivity index (χ2n) is 4.68. The lowest BCUT2D eigenvalue weighted by atomic mass is 9.99. The average Bonchev–Trinajstić information content (AvgIpc) is 2.33. The van der Waals surface area contributed by atoms with E-state index in [0.717, 1.165) is 12.1 Å². The molecule has 0 saturated carbocycles. The topological polar surface area (TPSA) is 83.5 Å². The van der Waals surface area contributed by atoms with Crippen LogP contribution in [0.5, 0.6) is 0 Å². The van der Waals surface area contributed by atoms with Crippen LogP contribution >= 0.6 is 22.6 Å². The molecule has 1 aromatic carbocycles. The molecule has 0 fully saturated rings. The van der Waals surface area contributed by atoms with Crippen molar-refractivity contribution in [1.29, 1.82) is 0 Å². The molecule has 0 atom stereocenters. The Morgan fingerprint density at radius 3 is 1.96 bits per heavy atom. The molecule has 0 aliphatic heterocycles. The van der Waals surface area contributed by atoms with Gasteiger partial charge in [-0.1, -0.05) is 6.07 Å². The van der Waals surface area contributed by atoms with Crippen LogP contribution in [0, 0.1) is 9.39 Å². The molecule has 14 heteroatoms. The third-order valence-corrected chi connectivity index (χ3v) is 4.58. The summed E-state index contributed by atoms with van der Waals surface area (Å²) >= 11 is 1.29. The van der Waals surface area contributed by atoms with Crippen LogP contribution in [0.2, 0.25) is 0 Å². The zero-order valence-corrected chi connectivity index (χ0v) is 14.5. The summed E-state index contributed by atoms with van der Waals surface area (Å²) in [5.41, 5.74) is -6.48. The van der Waals surface area contributed by atoms with Gasteiger partial charge in [-0.25, -0.2) is 4.39 Å². The third-order valence-electron chi connectivity index (χ3n) is 2.88. The van der Waals surface area contributed by atoms with E-state index in [9.17, 15) is 43.9 Å². The van der Waals surface area contributed by atoms with Crippen molar-refractivity contribution in [2.45, 2.75) is 17.9 Å². The van der Waals surface area contributed by atoms with Gasteiger partial charge in [0.15, 0.2) is 0 Å². The van der Waals surface area contributed by atoms with Gasteiger partial charge in [0.1, 0.15) is 11.6 Å². The average molecular weight is 509 g/mol. The van der Waals surface area contributed by atoms with Gasteiger partial charge in [0.2, 0.25) is 5.54 Å². The van der Waals surface area contributed by atoms with Crippen molar-refractivity contribution >= 4 is 38.6 Å². The Bertz CT molecular complexity index is 741. The van der Waals surface area contributed by atoms with E-state index in [2.05, 4.69) is 0 Å². The van der Waals surface area contributed by atoms with E-state index in [1.54, 1.807) is 0 Å². The predicted octanol–water partition coefficient (Wildman–Crippen LogP) is 2.91. The van der Waals surface area contributed by atoms with Crippen LogP contribution in [0.15, 0.2) is 18.2 Å². The van der Waals surface area contributed by atoms with Gasteiger partial charge in [-0.2, -0.15) is 34.8 Å². The fourth-order valence-electron chi connectivity index (χ4n) is 1.75. The van der Waals surface area contributed by atoms with Gasteiger partial charge in [0.25, 0.3) is 16.0 Å². The molecule has 0 spiro atoms. The number of hydrogen-bond acceptors (Lipinski definition) is 3. The Labute approximate surface area is 149 Å². The molecule has 0 saturated heterocycles. The summed E-state index contributed by atoms with van der Waals surface area (Å²) in [7, 11) is -5.85. The van der Waals surface area contributed by atoms with Crippen LogP contribution in [0.25, 0.3) is 0 Å². The number of amides is 1. The number of rotatable bonds is 4. The third kappa shape index (κ3) is 4.72. The number of carbonyl (C=O) groups excluding carboxylic acids is 1. The highest BCUT2D eigenvalue weighted by atomic mass is 127. The van der Waals surface area contributed by atoms with Crippen molar-refractivity contribution in [2.75, 3.05) is 5.75 Å². The zero-order valence-electron chi connectivity index (χ0n) is 11.5. The van der Waals surface area contributed by atoms with Crippen LogP contribution in [-0.2, 0) is 10.1 Å². The summed E-state index contributed by atoms with van der Waals surface area (Å²) in [6, 6.07) is 2.69. The van der Waals surface area contributed by atoms with Crippen LogP contribution in [0.4, 0.5) is 30.7 Å². The fraction of sp³-hybridized carbons (Fsp3) is 0.364. The molecule has 0 aromatic heterocycles. The first-order valence-corrected chi connectivity index (χ1v) is 8.56. The van der Waals surface area contributed by atoms with Crippen molar-refractivity contribution in [3.8, 4) is 0 Å². The number of halogens is 8. The lowest BCUT2D eigenvalue weighted by Gasteiger charge is -2.36. The van der Waals surface area contributed by atoms with Crippen LogP contribution in [0.1, 0.15) is 10.4 Å². The minimum atomic E-state index is -6.37. The zero-order chi connectivity index (χ0) is 19.8. The second kappa shape index (κ2) is 6.86. The Hall–Kier alpha value is -1.16. The molecule has 0 bridgehead atoms. The standard InChI is InChI=1S/C11H7F7INO4S/c12-5-2-1-3-6(19)7(5)8(21)20-9(10(13,14)15,11(16,17)18)4-25(22,23)24/h1-3H,4H2,(H,20,21)(H,22,23,24). The molecule has 1 amide bonds. The Balaban J connectivity index is 3.56. The number of benzene rings is 1. The second-order valence-corrected chi connectivity index (χ2v) is 7.29. The van der Waals surface area contributed by atoms with Crippen molar-refractivity contribution in [3.05, 3.63) is 33.1 Å². The van der Waals surface area contributed by atoms with Crippen LogP contribution in [-0.4, -0.2) is 42.5 Å². The van der Waals surface area contributed by atoms with Crippen molar-refractivity contribution < 1.29 is 48.5 Å². The predicted molar refractivity (Wildman–Crippen MR) is 77.8 cm³/mol. The minimum absolute atomic E-state index is 0.319. The van der Waals surface area contributed by atoms with Crippen LogP contribution < -0.4 is 5.32 Å². The molecule has 0 aliphatic rings. The quantitative estimate of drug-likeness (QED) is 0.372. The lowest BCUT2D eigenvalue weighted by Crippen LogP contribution is -2.70. The molecule has 5 nitrogen and oxygen atoms in total. The van der Waals surface area contributed by atoms with E-state index in [1.807, 2.05) is 0 Å². The highest BCUT2D eigenvalue weighted by Gasteiger charge is 2.73. The first-order chi connectivity index (χ1) is 11.0. The Morgan fingerprint density at radius 1 is 1.12 bits per heavy atom. The molecule has 2 N–H and O–H groups in total. The maximum Gasteiger partial charge on any atom is 0.421 e. The lowest BCUT2D eigenvalue weighted by molar-refractivity contribution is -0.296. The summed E-state index contributed by atoms with van der Waals surface area (Å²) in [5.74, 6) is -6.50. The van der Waals surface area contributed by atoms with Crippen LogP contribution in [0.3, 0.4) is 0 Å². The van der Waals surface area contributed by atoms with Crippen molar-refractivity contribution in [2.24, 2.45) is 0 Å². The van der Waals surface area contributed by atoms with Gasteiger partial charge >= 0.3 is 12.4 Å². The maximum absolute atomic E-state index is 13.6. The summed E-state index contributed by atoms with van der Waals surface area (Å²) in [5, 5.41) is 0.492. The smallest absolute Gasteiger partial charge is 0.329 e. The van der Waals surface area contributed by atoms with Gasteiger partial charge in [-0.05, 0) is 34.7 Å². The van der Waals surface area contributed by atoms with Gasteiger partial charge in [-0.3, -0.25) is 9.35 Å². The Morgan fingerprint density at radius 2 is 1.60 bits per heavy atom. The number of carbonyl (C=O) groups is 1. The summed E-state index contributed by atoms with van der Waals surface area (Å²) in [6.45, 7) is 0. The fourth-order valence-corrected chi connectivity index (χ4v) is 3.40. The first kappa shape index (κ1) is 21.9. The Kier molecular flexibility index (Phi) is 6.01. The number of hydrogen-bond donors (Lipinski definition) is 2. The molecule has 25 heavy (non-hydrogen) atoms. The highest BCUT2D eigenvalue weighted by Crippen LogP contribution is 2.44. The largest absolute Gasteiger partial charge is 0.421 e. The minimum Gasteiger partial charge on any atom is -0.329 e. The number of alkyl halides is 6. The van der Waals surface area contributed by atoms with E-state index in [4.69, 9.17) is 4.55 Å². The van der Waals surface area contributed by atoms with Gasteiger partial charge in [0.05, 0.1) is 5.56 Å². The van der Waals surface area contributed by atoms with E-state index in [1.165, 1.54) is 22.6 Å². The molecular weight excluding hydrogens is 502 g/mol. The van der Waals surface area contributed by atoms with E-state index >= 15 is 0 Å². The van der Waals surface area contributed by atoms with Crippen molar-refractivity contribution in [3.63, 3.8) is 0 Å². The summed E-state index contributed by atoms with van der Waals surface area (Å²) in [4.78, 5) is 11.8. The van der Waals surface area contributed by atoms with E-state index < -0.39 is 51.1 Å². The molecule has 0 aliphatic carbocycles. The SMILES string of the molecule is O=C(NC(CS(=O)(=O)O)(C(F)(F)F)C(F)(F)F)c1c(F)cccc1I. The molecule has 1 rings (SSSR count). The van der Waals surface area contributed by atoms with Gasteiger partial charge in [-0.15, -0.1) is 0 Å². The summed E-state index contributed by atoms with van der Waals surface area (Å²) < 4.78 is 122. The van der Waals surface area contributed by atoms with Gasteiger partial charge < -0.3 is 5.32 Å². The normalized spacial score (nSPS) is 13.6. The molecular formula is C11H7F7INO4S. The van der Waals surface area contributed by atoms with E-state index in [0.29, 0.717) is 11.4 Å². The summed E-state index contributed by atoms with van der Waals surface area (Å²) in [6.07, 6.45) is -12.7. The molecule has 0 heterocycles. The molecule has 142 valence electrons. The first-order valence-electron chi connectivity index (χ1n) is 5.87.